The van der Waals surface area contributed by atoms with Gasteiger partial charge in [-0.15, -0.1) is 0 Å². The van der Waals surface area contributed by atoms with Crippen LogP contribution in [0.1, 0.15) is 128 Å². The molecule has 8 bridgehead atoms. The fraction of sp³-hybridized carbons (Fsp3) is 0.333. The van der Waals surface area contributed by atoms with E-state index in [0.29, 0.717) is 0 Å². The molecule has 5 aromatic rings. The smallest absolute Gasteiger partial charge is 0.0736 e. The summed E-state index contributed by atoms with van der Waals surface area (Å²) in [5, 5.41) is 0. The molecule has 2 aliphatic heterocycles. The van der Waals surface area contributed by atoms with Gasteiger partial charge in [-0.2, -0.15) is 0 Å². The fourth-order valence-corrected chi connectivity index (χ4v) is 6.96. The normalized spacial score (nSPS) is 13.6. The molecule has 0 amide bonds. The lowest BCUT2D eigenvalue weighted by atomic mass is 9.78. The van der Waals surface area contributed by atoms with E-state index in [1.54, 1.807) is 0 Å². The lowest BCUT2D eigenvalue weighted by Crippen LogP contribution is -2.16. The Balaban J connectivity index is 1.54. The molecule has 4 heteroatoms. The van der Waals surface area contributed by atoms with Crippen LogP contribution in [0, 0.1) is 0 Å². The van der Waals surface area contributed by atoms with Crippen LogP contribution in [0.2, 0.25) is 0 Å². The minimum absolute atomic E-state index is 0.00727. The van der Waals surface area contributed by atoms with E-state index in [-0.39, 0.29) is 21.7 Å². The number of aromatic amines is 2. The Morgan fingerprint density at radius 3 is 1.02 bits per heavy atom. The van der Waals surface area contributed by atoms with Crippen LogP contribution >= 0.6 is 0 Å². The van der Waals surface area contributed by atoms with Crippen LogP contribution in [0.3, 0.4) is 0 Å². The lowest BCUT2D eigenvalue weighted by Gasteiger charge is -2.26. The third-order valence-corrected chi connectivity index (χ3v) is 10.3. The molecule has 0 saturated heterocycles. The molecule has 7 rings (SSSR count). The Morgan fingerprint density at radius 1 is 0.385 bits per heavy atom. The van der Waals surface area contributed by atoms with E-state index in [0.717, 1.165) is 56.0 Å². The first-order valence-corrected chi connectivity index (χ1v) is 18.7. The minimum atomic E-state index is -0.00727. The van der Waals surface area contributed by atoms with Crippen molar-refractivity contribution in [3.8, 4) is 22.3 Å². The minimum Gasteiger partial charge on any atom is -0.355 e. The molecule has 0 aliphatic carbocycles. The topological polar surface area (TPSA) is 57.4 Å². The van der Waals surface area contributed by atoms with Gasteiger partial charge in [-0.25, -0.2) is 9.97 Å². The van der Waals surface area contributed by atoms with Gasteiger partial charge in [0.1, 0.15) is 0 Å². The van der Waals surface area contributed by atoms with Crippen LogP contribution in [0.4, 0.5) is 0 Å². The van der Waals surface area contributed by atoms with Gasteiger partial charge in [-0.05, 0) is 116 Å². The van der Waals surface area contributed by atoms with E-state index >= 15 is 0 Å². The Kier molecular flexibility index (Phi) is 8.40. The van der Waals surface area contributed by atoms with Gasteiger partial charge in [0.05, 0.1) is 22.8 Å². The van der Waals surface area contributed by atoms with Crippen molar-refractivity contribution in [2.45, 2.75) is 105 Å². The number of H-pyrrole nitrogens is 2. The first-order valence-electron chi connectivity index (χ1n) is 18.7. The maximum Gasteiger partial charge on any atom is 0.0736 e. The van der Waals surface area contributed by atoms with E-state index in [4.69, 9.17) is 9.97 Å². The average molecular weight is 687 g/mol. The van der Waals surface area contributed by atoms with E-state index < -0.39 is 0 Å². The summed E-state index contributed by atoms with van der Waals surface area (Å²) in [6.07, 6.45) is 8.56. The quantitative estimate of drug-likeness (QED) is 0.190. The highest BCUT2D eigenvalue weighted by Crippen LogP contribution is 2.39. The molecule has 0 unspecified atom stereocenters. The molecule has 3 aromatic heterocycles. The third-order valence-electron chi connectivity index (χ3n) is 10.3. The zero-order chi connectivity index (χ0) is 37.4. The molecule has 0 atom stereocenters. The molecule has 0 fully saturated rings. The van der Waals surface area contributed by atoms with Crippen molar-refractivity contribution in [2.24, 2.45) is 0 Å². The second kappa shape index (κ2) is 12.3. The maximum atomic E-state index is 5.25. The molecule has 0 spiro atoms. The molecular formula is C48H54N4. The predicted octanol–water partition coefficient (Wildman–Crippen LogP) is 13.2. The summed E-state index contributed by atoms with van der Waals surface area (Å²) in [6.45, 7) is 27.5. The summed E-state index contributed by atoms with van der Waals surface area (Å²) in [7, 11) is 0. The average Bonchev–Trinajstić information content (AvgIpc) is 3.86. The summed E-state index contributed by atoms with van der Waals surface area (Å²) < 4.78 is 0. The van der Waals surface area contributed by atoms with E-state index in [1.165, 1.54) is 33.4 Å². The molecule has 0 saturated carbocycles. The number of nitrogens with one attached hydrogen (secondary N) is 2. The van der Waals surface area contributed by atoms with Gasteiger partial charge in [0.2, 0.25) is 0 Å². The summed E-state index contributed by atoms with van der Waals surface area (Å²) in [5.41, 5.74) is 17.5. The first kappa shape index (κ1) is 35.4. The monoisotopic (exact) mass is 686 g/mol. The van der Waals surface area contributed by atoms with E-state index in [1.807, 2.05) is 0 Å². The molecule has 4 nitrogen and oxygen atoms in total. The molecule has 0 radical (unpaired) electrons. The van der Waals surface area contributed by atoms with Gasteiger partial charge < -0.3 is 9.97 Å². The Hall–Kier alpha value is -4.96. The first-order chi connectivity index (χ1) is 24.2. The molecule has 2 N–H and O–H groups in total. The van der Waals surface area contributed by atoms with Gasteiger partial charge in [0.15, 0.2) is 0 Å². The Morgan fingerprint density at radius 2 is 0.712 bits per heavy atom. The molecule has 5 heterocycles. The molecule has 266 valence electrons. The number of fused-ring (bicyclic) bond motifs is 8. The maximum absolute atomic E-state index is 5.25. The Bertz CT molecular complexity index is 2200. The summed E-state index contributed by atoms with van der Waals surface area (Å²) in [5.74, 6) is 0. The number of hydrogen-bond acceptors (Lipinski definition) is 2. The highest BCUT2D eigenvalue weighted by molar-refractivity contribution is 5.93. The van der Waals surface area contributed by atoms with Crippen LogP contribution in [-0.4, -0.2) is 19.9 Å². The van der Waals surface area contributed by atoms with Crippen molar-refractivity contribution in [1.29, 1.82) is 0 Å². The standard InChI is InChI=1S/C48H54N4/c1-45(2,3)31-21-29(22-32(25-31)46(4,5)6)43-39-17-13-35(49-39)27-37-15-19-41(51-37)44(42-20-16-38(52-42)28-36-14-18-40(43)50-36)30-23-33(47(7,8)9)26-34(24-30)48(10,11)12/h13-28,49,52H,1-12H3. The van der Waals surface area contributed by atoms with Crippen molar-refractivity contribution >= 4 is 46.4 Å². The third kappa shape index (κ3) is 7.08. The van der Waals surface area contributed by atoms with Crippen molar-refractivity contribution in [3.05, 3.63) is 118 Å². The van der Waals surface area contributed by atoms with Crippen LogP contribution < -0.4 is 0 Å². The van der Waals surface area contributed by atoms with Crippen LogP contribution in [0.25, 0.3) is 68.6 Å². The molecular weight excluding hydrogens is 633 g/mol. The zero-order valence-corrected chi connectivity index (χ0v) is 33.1. The van der Waals surface area contributed by atoms with Crippen LogP contribution in [0.5, 0.6) is 0 Å². The number of aromatic nitrogens is 4. The Labute approximate surface area is 310 Å². The molecule has 2 aromatic carbocycles. The van der Waals surface area contributed by atoms with Crippen molar-refractivity contribution in [2.75, 3.05) is 0 Å². The van der Waals surface area contributed by atoms with Gasteiger partial charge in [0, 0.05) is 33.2 Å². The van der Waals surface area contributed by atoms with Gasteiger partial charge >= 0.3 is 0 Å². The van der Waals surface area contributed by atoms with Gasteiger partial charge in [-0.3, -0.25) is 0 Å². The van der Waals surface area contributed by atoms with E-state index in [2.05, 4.69) is 190 Å². The van der Waals surface area contributed by atoms with Crippen LogP contribution in [-0.2, 0) is 21.7 Å². The number of benzene rings is 2. The van der Waals surface area contributed by atoms with E-state index in [9.17, 15) is 0 Å². The molecule has 2 aliphatic rings. The predicted molar refractivity (Wildman–Crippen MR) is 225 cm³/mol. The summed E-state index contributed by atoms with van der Waals surface area (Å²) in [6, 6.07) is 27.1. The van der Waals surface area contributed by atoms with Gasteiger partial charge in [0.25, 0.3) is 0 Å². The molecule has 52 heavy (non-hydrogen) atoms. The highest BCUT2D eigenvalue weighted by Gasteiger charge is 2.24. The number of hydrogen-bond donors (Lipinski definition) is 2. The lowest BCUT2D eigenvalue weighted by molar-refractivity contribution is 0.568. The second-order valence-electron chi connectivity index (χ2n) is 18.8. The van der Waals surface area contributed by atoms with Crippen molar-refractivity contribution < 1.29 is 0 Å². The number of nitrogens with zero attached hydrogens (tertiary/aromatic N) is 2. The van der Waals surface area contributed by atoms with Crippen LogP contribution in [0.15, 0.2) is 72.8 Å². The second-order valence-corrected chi connectivity index (χ2v) is 18.8. The SMILES string of the molecule is CC(C)(C)c1cc(-c2c3nc(cc4ccc([nH]4)c(-c4cc(C(C)(C)C)cc(C(C)(C)C)c4)c4nc(cc5ccc2[nH]5)C=C4)C=C3)cc(C(C)(C)C)c1. The highest BCUT2D eigenvalue weighted by atomic mass is 14.8. The summed E-state index contributed by atoms with van der Waals surface area (Å²) in [4.78, 5) is 18.0. The summed E-state index contributed by atoms with van der Waals surface area (Å²) >= 11 is 0. The fourth-order valence-electron chi connectivity index (χ4n) is 6.96. The zero-order valence-electron chi connectivity index (χ0n) is 33.1. The van der Waals surface area contributed by atoms with Gasteiger partial charge in [-0.1, -0.05) is 119 Å². The number of rotatable bonds is 2. The van der Waals surface area contributed by atoms with Crippen molar-refractivity contribution in [3.63, 3.8) is 0 Å². The largest absolute Gasteiger partial charge is 0.355 e. The van der Waals surface area contributed by atoms with Crippen molar-refractivity contribution in [1.82, 2.24) is 19.9 Å².